The smallest absolute Gasteiger partial charge is 0.333 e. The van der Waals surface area contributed by atoms with Crippen molar-refractivity contribution in [3.05, 3.63) is 35.5 Å². The zero-order valence-electron chi connectivity index (χ0n) is 22.8. The first-order chi connectivity index (χ1) is 19.1. The molecule has 2 aliphatic rings. The van der Waals surface area contributed by atoms with Crippen LogP contribution < -0.4 is 11.1 Å². The van der Waals surface area contributed by atoms with Crippen molar-refractivity contribution < 1.29 is 29.4 Å². The van der Waals surface area contributed by atoms with E-state index < -0.39 is 30.4 Å². The molecule has 0 bridgehead atoms. The number of nitrogens with one attached hydrogen (secondary N) is 2. The van der Waals surface area contributed by atoms with Gasteiger partial charge in [0.1, 0.15) is 11.9 Å². The number of amides is 3. The van der Waals surface area contributed by atoms with Gasteiger partial charge >= 0.3 is 5.97 Å². The average Bonchev–Trinajstić information content (AvgIpc) is 3.53. The third-order valence-corrected chi connectivity index (χ3v) is 7.90. The van der Waals surface area contributed by atoms with Crippen molar-refractivity contribution in [2.75, 3.05) is 19.6 Å². The topological polar surface area (TPSA) is 182 Å². The molecule has 2 aromatic rings. The van der Waals surface area contributed by atoms with Crippen molar-refractivity contribution >= 4 is 40.4 Å². The second-order valence-electron chi connectivity index (χ2n) is 10.6. The summed E-state index contributed by atoms with van der Waals surface area (Å²) in [6.07, 6.45) is 1.89. The second kappa shape index (κ2) is 12.5. The van der Waals surface area contributed by atoms with Gasteiger partial charge in [0.05, 0.1) is 13.0 Å². The van der Waals surface area contributed by atoms with E-state index in [-0.39, 0.29) is 30.2 Å². The molecule has 216 valence electrons. The summed E-state index contributed by atoms with van der Waals surface area (Å²) >= 11 is 0. The predicted molar refractivity (Wildman–Crippen MR) is 148 cm³/mol. The molecular weight excluding hydrogens is 516 g/mol. The minimum Gasteiger partial charge on any atom is -0.479 e. The summed E-state index contributed by atoms with van der Waals surface area (Å²) in [4.78, 5) is 52.5. The summed E-state index contributed by atoms with van der Waals surface area (Å²) in [5.74, 6) is -2.68. The van der Waals surface area contributed by atoms with Crippen LogP contribution in [-0.4, -0.2) is 91.9 Å². The Morgan fingerprint density at radius 1 is 1.18 bits per heavy atom. The highest BCUT2D eigenvalue weighted by Gasteiger charge is 2.35. The van der Waals surface area contributed by atoms with Crippen LogP contribution >= 0.6 is 0 Å². The molecule has 0 spiro atoms. The maximum absolute atomic E-state index is 13.3. The number of aliphatic carboxylic acids is 1. The standard InChI is InChI=1S/C28H38N6O6/c1-2-33-20(13-17-7-8-18(26(29)30)14-22(17)33)10-9-19-5-3-12-34(19)25(37)16-32-11-4-6-21(27(32)38)31-24(36)15-23(35)28(39)40/h7-8,13-14,19,21,23,35H,2-6,9-12,15-16H2,1H3,(H3,29,30)(H,31,36)(H,39,40)/t19-,21-,23-/m0/s1. The maximum atomic E-state index is 13.3. The molecule has 2 aliphatic heterocycles. The monoisotopic (exact) mass is 554 g/mol. The molecule has 6 N–H and O–H groups in total. The number of nitrogens with zero attached hydrogens (tertiary/aromatic N) is 3. The quantitative estimate of drug-likeness (QED) is 0.201. The van der Waals surface area contributed by atoms with E-state index in [1.54, 1.807) is 0 Å². The van der Waals surface area contributed by atoms with Crippen molar-refractivity contribution in [2.45, 2.75) is 76.6 Å². The number of carbonyl (C=O) groups is 4. The largest absolute Gasteiger partial charge is 0.479 e. The van der Waals surface area contributed by atoms with Crippen LogP contribution in [0, 0.1) is 5.41 Å². The number of carboxylic acid groups (broad SMARTS) is 1. The van der Waals surface area contributed by atoms with Crippen molar-refractivity contribution in [1.29, 1.82) is 5.41 Å². The number of carbonyl (C=O) groups excluding carboxylic acids is 3. The predicted octanol–water partition coefficient (Wildman–Crippen LogP) is 0.812. The Morgan fingerprint density at radius 3 is 2.62 bits per heavy atom. The number of amidine groups is 1. The summed E-state index contributed by atoms with van der Waals surface area (Å²) in [7, 11) is 0. The molecule has 2 fully saturated rings. The first-order valence-electron chi connectivity index (χ1n) is 13.8. The molecule has 1 aromatic carbocycles. The van der Waals surface area contributed by atoms with Crippen molar-refractivity contribution in [2.24, 2.45) is 5.73 Å². The van der Waals surface area contributed by atoms with Gasteiger partial charge in [0, 0.05) is 42.5 Å². The van der Waals surface area contributed by atoms with Gasteiger partial charge in [-0.15, -0.1) is 0 Å². The molecule has 3 amide bonds. The molecule has 0 aliphatic carbocycles. The van der Waals surface area contributed by atoms with Crippen LogP contribution in [0.25, 0.3) is 10.9 Å². The molecule has 12 nitrogen and oxygen atoms in total. The van der Waals surface area contributed by atoms with Crippen LogP contribution in [0.4, 0.5) is 0 Å². The van der Waals surface area contributed by atoms with Crippen molar-refractivity contribution in [3.8, 4) is 0 Å². The number of likely N-dealkylation sites (tertiary alicyclic amines) is 2. The van der Waals surface area contributed by atoms with E-state index >= 15 is 0 Å². The molecule has 0 unspecified atom stereocenters. The molecule has 3 heterocycles. The van der Waals surface area contributed by atoms with E-state index in [0.717, 1.165) is 48.8 Å². The van der Waals surface area contributed by atoms with Crippen LogP contribution in [0.15, 0.2) is 24.3 Å². The summed E-state index contributed by atoms with van der Waals surface area (Å²) in [5.41, 5.74) is 8.57. The number of piperidine rings is 1. The number of aromatic nitrogens is 1. The van der Waals surface area contributed by atoms with Gasteiger partial charge in [-0.2, -0.15) is 0 Å². The molecule has 1 aromatic heterocycles. The first-order valence-corrected chi connectivity index (χ1v) is 13.8. The lowest BCUT2D eigenvalue weighted by molar-refractivity contribution is -0.150. The Balaban J connectivity index is 1.36. The van der Waals surface area contributed by atoms with Gasteiger partial charge in [-0.1, -0.05) is 12.1 Å². The highest BCUT2D eigenvalue weighted by Crippen LogP contribution is 2.26. The average molecular weight is 555 g/mol. The minimum atomic E-state index is -1.83. The molecule has 4 rings (SSSR count). The Kier molecular flexibility index (Phi) is 9.08. The van der Waals surface area contributed by atoms with Crippen LogP contribution in [-0.2, 0) is 32.1 Å². The Morgan fingerprint density at radius 2 is 1.93 bits per heavy atom. The maximum Gasteiger partial charge on any atom is 0.333 e. The molecule has 3 atom stereocenters. The van der Waals surface area contributed by atoms with Gasteiger partial charge in [-0.3, -0.25) is 19.8 Å². The third-order valence-electron chi connectivity index (χ3n) is 7.90. The van der Waals surface area contributed by atoms with Gasteiger partial charge in [0.15, 0.2) is 6.10 Å². The summed E-state index contributed by atoms with van der Waals surface area (Å²) in [5, 5.41) is 29.5. The normalized spacial score (nSPS) is 20.1. The highest BCUT2D eigenvalue weighted by atomic mass is 16.4. The number of hydrogen-bond donors (Lipinski definition) is 5. The fourth-order valence-corrected chi connectivity index (χ4v) is 5.84. The minimum absolute atomic E-state index is 0.0327. The highest BCUT2D eigenvalue weighted by molar-refractivity contribution is 5.98. The van der Waals surface area contributed by atoms with Crippen molar-refractivity contribution in [1.82, 2.24) is 19.7 Å². The number of aryl methyl sites for hydroxylation is 2. The van der Waals surface area contributed by atoms with Gasteiger partial charge < -0.3 is 35.6 Å². The van der Waals surface area contributed by atoms with E-state index in [2.05, 4.69) is 22.9 Å². The molecule has 0 radical (unpaired) electrons. The number of rotatable bonds is 11. The lowest BCUT2D eigenvalue weighted by atomic mass is 10.0. The van der Waals surface area contributed by atoms with Crippen LogP contribution in [0.3, 0.4) is 0 Å². The SMILES string of the molecule is CCn1c(CC[C@@H]2CCCN2C(=O)CN2CCC[C@H](NC(=O)C[C@H](O)C(=O)O)C2=O)cc2ccc(C(=N)N)cc21. The second-order valence-corrected chi connectivity index (χ2v) is 10.6. The molecule has 40 heavy (non-hydrogen) atoms. The summed E-state index contributed by atoms with van der Waals surface area (Å²) < 4.78 is 2.22. The van der Waals surface area contributed by atoms with Crippen molar-refractivity contribution in [3.63, 3.8) is 0 Å². The number of hydrogen-bond acceptors (Lipinski definition) is 6. The van der Waals surface area contributed by atoms with Crippen LogP contribution in [0.2, 0.25) is 0 Å². The number of aliphatic hydroxyl groups excluding tert-OH is 1. The van der Waals surface area contributed by atoms with Gasteiger partial charge in [0.2, 0.25) is 17.7 Å². The lowest BCUT2D eigenvalue weighted by Crippen LogP contribution is -2.55. The Hall–Kier alpha value is -3.93. The van der Waals surface area contributed by atoms with Crippen LogP contribution in [0.5, 0.6) is 0 Å². The Bertz CT molecular complexity index is 1310. The van der Waals surface area contributed by atoms with E-state index in [4.69, 9.17) is 16.2 Å². The molecule has 0 saturated carbocycles. The number of aliphatic hydroxyl groups is 1. The number of nitrogen functional groups attached to an aromatic ring is 1. The zero-order chi connectivity index (χ0) is 29.0. The number of carboxylic acids is 1. The first kappa shape index (κ1) is 29.1. The lowest BCUT2D eigenvalue weighted by Gasteiger charge is -2.34. The van der Waals surface area contributed by atoms with Gasteiger partial charge in [0.25, 0.3) is 0 Å². The van der Waals surface area contributed by atoms with E-state index in [1.807, 2.05) is 23.1 Å². The number of benzene rings is 1. The van der Waals surface area contributed by atoms with Gasteiger partial charge in [-0.05, 0) is 63.0 Å². The van der Waals surface area contributed by atoms with E-state index in [1.165, 1.54) is 4.90 Å². The molecule has 2 saturated heterocycles. The number of fused-ring (bicyclic) bond motifs is 1. The summed E-state index contributed by atoms with van der Waals surface area (Å²) in [6, 6.07) is 7.14. The van der Waals surface area contributed by atoms with Crippen LogP contribution in [0.1, 0.15) is 56.7 Å². The number of nitrogens with two attached hydrogens (primary N) is 1. The molecular formula is C28H38N6O6. The fraction of sp³-hybridized carbons (Fsp3) is 0.536. The summed E-state index contributed by atoms with van der Waals surface area (Å²) in [6.45, 7) is 3.83. The van der Waals surface area contributed by atoms with Gasteiger partial charge in [-0.25, -0.2) is 4.79 Å². The van der Waals surface area contributed by atoms with E-state index in [0.29, 0.717) is 31.5 Å². The fourth-order valence-electron chi connectivity index (χ4n) is 5.84. The Labute approximate surface area is 232 Å². The third kappa shape index (κ3) is 6.44. The zero-order valence-corrected chi connectivity index (χ0v) is 22.8. The van der Waals surface area contributed by atoms with E-state index in [9.17, 15) is 24.3 Å². The molecule has 12 heteroatoms.